The van der Waals surface area contributed by atoms with Crippen molar-refractivity contribution >= 4 is 16.6 Å². The summed E-state index contributed by atoms with van der Waals surface area (Å²) >= 11 is 0. The Balaban J connectivity index is 2.55. The molecule has 3 heteroatoms. The van der Waals surface area contributed by atoms with Crippen molar-refractivity contribution in [3.8, 4) is 5.75 Å². The third kappa shape index (κ3) is 2.33. The van der Waals surface area contributed by atoms with Gasteiger partial charge in [-0.1, -0.05) is 19.1 Å². The molecule has 0 radical (unpaired) electrons. The zero-order chi connectivity index (χ0) is 12.5. The first-order chi connectivity index (χ1) is 8.03. The molecule has 0 bridgehead atoms. The first-order valence-corrected chi connectivity index (χ1v) is 5.86. The number of anilines is 1. The van der Waals surface area contributed by atoms with Crippen LogP contribution in [0.3, 0.4) is 0 Å². The summed E-state index contributed by atoms with van der Waals surface area (Å²) < 4.78 is 6.03. The molecule has 1 aromatic heterocycles. The molecule has 17 heavy (non-hydrogen) atoms. The predicted octanol–water partition coefficient (Wildman–Crippen LogP) is 3.38. The second kappa shape index (κ2) is 4.24. The van der Waals surface area contributed by atoms with E-state index in [1.54, 1.807) is 6.20 Å². The molecule has 0 unspecified atom stereocenters. The summed E-state index contributed by atoms with van der Waals surface area (Å²) in [7, 11) is 0. The molecule has 2 aromatic rings. The van der Waals surface area contributed by atoms with Crippen LogP contribution < -0.4 is 10.5 Å². The summed E-state index contributed by atoms with van der Waals surface area (Å²) in [4.78, 5) is 4.29. The van der Waals surface area contributed by atoms with Gasteiger partial charge in [-0.25, -0.2) is 0 Å². The number of para-hydroxylation sites is 1. The van der Waals surface area contributed by atoms with Gasteiger partial charge < -0.3 is 10.5 Å². The summed E-state index contributed by atoms with van der Waals surface area (Å²) in [6.45, 7) is 6.21. The van der Waals surface area contributed by atoms with Gasteiger partial charge in [0, 0.05) is 5.39 Å². The van der Waals surface area contributed by atoms with Gasteiger partial charge in [-0.3, -0.25) is 4.98 Å². The van der Waals surface area contributed by atoms with E-state index < -0.39 is 0 Å². The summed E-state index contributed by atoms with van der Waals surface area (Å²) in [5.74, 6) is 0.738. The first kappa shape index (κ1) is 11.7. The lowest BCUT2D eigenvalue weighted by Gasteiger charge is -2.26. The van der Waals surface area contributed by atoms with Gasteiger partial charge in [-0.15, -0.1) is 0 Å². The molecule has 1 heterocycles. The van der Waals surface area contributed by atoms with Gasteiger partial charge in [-0.2, -0.15) is 0 Å². The number of pyridine rings is 1. The van der Waals surface area contributed by atoms with Crippen LogP contribution in [0.1, 0.15) is 27.2 Å². The minimum Gasteiger partial charge on any atom is -0.485 e. The topological polar surface area (TPSA) is 48.1 Å². The zero-order valence-corrected chi connectivity index (χ0v) is 10.5. The van der Waals surface area contributed by atoms with Gasteiger partial charge >= 0.3 is 0 Å². The van der Waals surface area contributed by atoms with Crippen molar-refractivity contribution in [3.63, 3.8) is 0 Å². The molecule has 2 N–H and O–H groups in total. The second-order valence-corrected chi connectivity index (χ2v) is 4.78. The van der Waals surface area contributed by atoms with Crippen molar-refractivity contribution in [2.75, 3.05) is 5.73 Å². The number of hydrogen-bond donors (Lipinski definition) is 1. The van der Waals surface area contributed by atoms with Gasteiger partial charge in [0.1, 0.15) is 5.60 Å². The van der Waals surface area contributed by atoms with Crippen molar-refractivity contribution in [1.82, 2.24) is 4.98 Å². The molecule has 90 valence electrons. The van der Waals surface area contributed by atoms with Crippen molar-refractivity contribution in [2.24, 2.45) is 0 Å². The van der Waals surface area contributed by atoms with Crippen LogP contribution in [0.4, 0.5) is 5.69 Å². The molecule has 0 amide bonds. The number of hydrogen-bond acceptors (Lipinski definition) is 3. The lowest BCUT2D eigenvalue weighted by Crippen LogP contribution is -2.27. The standard InChI is InChI=1S/C14H18N2O/c1-4-14(2,3)17-13-10-7-5-6-8-12(10)16-9-11(13)15/h5-9H,4,15H2,1-3H3. The Kier molecular flexibility index (Phi) is 2.92. The van der Waals surface area contributed by atoms with Crippen molar-refractivity contribution in [1.29, 1.82) is 0 Å². The van der Waals surface area contributed by atoms with E-state index in [2.05, 4.69) is 25.8 Å². The molecular weight excluding hydrogens is 212 g/mol. The van der Waals surface area contributed by atoms with E-state index in [0.29, 0.717) is 5.69 Å². The molecule has 2 rings (SSSR count). The highest BCUT2D eigenvalue weighted by Crippen LogP contribution is 2.33. The Labute approximate surface area is 102 Å². The average Bonchev–Trinajstić information content (AvgIpc) is 2.33. The maximum Gasteiger partial charge on any atom is 0.153 e. The maximum absolute atomic E-state index is 6.03. The van der Waals surface area contributed by atoms with Crippen LogP contribution in [-0.4, -0.2) is 10.6 Å². The Bertz CT molecular complexity index is 535. The highest BCUT2D eigenvalue weighted by Gasteiger charge is 2.20. The average molecular weight is 230 g/mol. The van der Waals surface area contributed by atoms with Gasteiger partial charge in [-0.05, 0) is 32.4 Å². The van der Waals surface area contributed by atoms with E-state index >= 15 is 0 Å². The van der Waals surface area contributed by atoms with Crippen LogP contribution in [0, 0.1) is 0 Å². The molecule has 0 atom stereocenters. The third-order valence-electron chi connectivity index (χ3n) is 2.98. The molecule has 0 aliphatic heterocycles. The van der Waals surface area contributed by atoms with Gasteiger partial charge in [0.15, 0.2) is 5.75 Å². The minimum atomic E-state index is -0.224. The number of fused-ring (bicyclic) bond motifs is 1. The van der Waals surface area contributed by atoms with Crippen LogP contribution in [0.25, 0.3) is 10.9 Å². The van der Waals surface area contributed by atoms with Gasteiger partial charge in [0.2, 0.25) is 0 Å². The van der Waals surface area contributed by atoms with Crippen molar-refractivity contribution in [3.05, 3.63) is 30.5 Å². The summed E-state index contributed by atoms with van der Waals surface area (Å²) in [6.07, 6.45) is 2.58. The number of nitrogen functional groups attached to an aromatic ring is 1. The van der Waals surface area contributed by atoms with Crippen molar-refractivity contribution < 1.29 is 4.74 Å². The van der Waals surface area contributed by atoms with Gasteiger partial charge in [0.05, 0.1) is 17.4 Å². The minimum absolute atomic E-state index is 0.224. The largest absolute Gasteiger partial charge is 0.485 e. The fraction of sp³-hybridized carbons (Fsp3) is 0.357. The highest BCUT2D eigenvalue weighted by atomic mass is 16.5. The molecular formula is C14H18N2O. The zero-order valence-electron chi connectivity index (χ0n) is 10.5. The van der Waals surface area contributed by atoms with Crippen LogP contribution in [0.2, 0.25) is 0 Å². The number of ether oxygens (including phenoxy) is 1. The SMILES string of the molecule is CCC(C)(C)Oc1c(N)cnc2ccccc12. The molecule has 0 spiro atoms. The molecule has 0 aliphatic rings. The predicted molar refractivity (Wildman–Crippen MR) is 71.2 cm³/mol. The summed E-state index contributed by atoms with van der Waals surface area (Å²) in [5.41, 5.74) is 7.23. The normalized spacial score (nSPS) is 11.7. The van der Waals surface area contributed by atoms with Crippen molar-refractivity contribution in [2.45, 2.75) is 32.8 Å². The maximum atomic E-state index is 6.03. The quantitative estimate of drug-likeness (QED) is 0.879. The fourth-order valence-electron chi connectivity index (χ4n) is 1.59. The van der Waals surface area contributed by atoms with Gasteiger partial charge in [0.25, 0.3) is 0 Å². The Morgan fingerprint density at radius 2 is 2.00 bits per heavy atom. The van der Waals surface area contributed by atoms with E-state index in [1.165, 1.54) is 0 Å². The van der Waals surface area contributed by atoms with E-state index in [0.717, 1.165) is 23.1 Å². The Morgan fingerprint density at radius 3 is 2.71 bits per heavy atom. The van der Waals surface area contributed by atoms with Crippen LogP contribution >= 0.6 is 0 Å². The highest BCUT2D eigenvalue weighted by molar-refractivity contribution is 5.89. The Hall–Kier alpha value is -1.77. The number of aromatic nitrogens is 1. The fourth-order valence-corrected chi connectivity index (χ4v) is 1.59. The monoisotopic (exact) mass is 230 g/mol. The smallest absolute Gasteiger partial charge is 0.153 e. The number of nitrogens with zero attached hydrogens (tertiary/aromatic N) is 1. The number of benzene rings is 1. The molecule has 1 aromatic carbocycles. The van der Waals surface area contributed by atoms with E-state index in [9.17, 15) is 0 Å². The first-order valence-electron chi connectivity index (χ1n) is 5.86. The summed E-state index contributed by atoms with van der Waals surface area (Å²) in [5, 5.41) is 0.967. The molecule has 3 nitrogen and oxygen atoms in total. The third-order valence-corrected chi connectivity index (χ3v) is 2.98. The molecule has 0 fully saturated rings. The summed E-state index contributed by atoms with van der Waals surface area (Å²) in [6, 6.07) is 7.87. The van der Waals surface area contributed by atoms with Crippen LogP contribution in [0.15, 0.2) is 30.5 Å². The molecule has 0 aliphatic carbocycles. The lowest BCUT2D eigenvalue weighted by molar-refractivity contribution is 0.108. The van der Waals surface area contributed by atoms with E-state index in [4.69, 9.17) is 10.5 Å². The van der Waals surface area contributed by atoms with Crippen LogP contribution in [-0.2, 0) is 0 Å². The van der Waals surface area contributed by atoms with E-state index in [1.807, 2.05) is 24.3 Å². The second-order valence-electron chi connectivity index (χ2n) is 4.78. The lowest BCUT2D eigenvalue weighted by atomic mass is 10.1. The molecule has 0 saturated heterocycles. The number of nitrogens with two attached hydrogens (primary N) is 1. The number of rotatable bonds is 3. The van der Waals surface area contributed by atoms with Crippen LogP contribution in [0.5, 0.6) is 5.75 Å². The van der Waals surface area contributed by atoms with E-state index in [-0.39, 0.29) is 5.60 Å². The molecule has 0 saturated carbocycles. The Morgan fingerprint density at radius 1 is 1.29 bits per heavy atom.